The highest BCUT2D eigenvalue weighted by molar-refractivity contribution is 7.38. The van der Waals surface area contributed by atoms with Gasteiger partial charge in [-0.15, -0.1) is 0 Å². The summed E-state index contributed by atoms with van der Waals surface area (Å²) in [7, 11) is -0.620. The van der Waals surface area contributed by atoms with Crippen LogP contribution in [-0.4, -0.2) is 57.2 Å². The number of ether oxygens (including phenoxy) is 1. The van der Waals surface area contributed by atoms with Gasteiger partial charge in [-0.2, -0.15) is 5.26 Å². The van der Waals surface area contributed by atoms with E-state index in [9.17, 15) is 4.79 Å². The van der Waals surface area contributed by atoms with E-state index in [0.717, 1.165) is 57.8 Å². The summed E-state index contributed by atoms with van der Waals surface area (Å²) >= 11 is 0. The molecule has 0 unspecified atom stereocenters. The second-order valence-corrected chi connectivity index (χ2v) is 6.55. The van der Waals surface area contributed by atoms with Crippen LogP contribution < -0.4 is 10.1 Å². The summed E-state index contributed by atoms with van der Waals surface area (Å²) in [6.07, 6.45) is 3.77. The standard InChI is InChI=1S/C12H13NO.C4H7NO.2CH4O.H3O3P/c1-12(2)6-5-10-7-9(8-13)3-4-11(10)14-12;6-4-2-1-3-5-4;2*1-2;1-4(2)3/h3-4,7H,5-6H2,1-2H3;1-3H2,(H,5,6);2*2H,1H3;1-3H. The summed E-state index contributed by atoms with van der Waals surface area (Å²) in [6.45, 7) is 5.07. The number of nitriles is 1. The van der Waals surface area contributed by atoms with Crippen LogP contribution in [0.25, 0.3) is 0 Å². The first-order valence-electron chi connectivity index (χ1n) is 8.48. The van der Waals surface area contributed by atoms with Gasteiger partial charge in [0.15, 0.2) is 0 Å². The van der Waals surface area contributed by atoms with E-state index < -0.39 is 8.60 Å². The summed E-state index contributed by atoms with van der Waals surface area (Å²) in [5.74, 6) is 1.13. The van der Waals surface area contributed by atoms with Crippen LogP contribution in [0.3, 0.4) is 0 Å². The van der Waals surface area contributed by atoms with E-state index in [1.54, 1.807) is 6.07 Å². The number of benzene rings is 1. The van der Waals surface area contributed by atoms with Gasteiger partial charge in [0, 0.05) is 27.2 Å². The van der Waals surface area contributed by atoms with E-state index in [4.69, 9.17) is 34.9 Å². The number of nitrogens with zero attached hydrogens (tertiary/aromatic N) is 1. The van der Waals surface area contributed by atoms with Crippen molar-refractivity contribution in [1.82, 2.24) is 5.32 Å². The second kappa shape index (κ2) is 16.2. The van der Waals surface area contributed by atoms with Crippen LogP contribution >= 0.6 is 8.60 Å². The zero-order chi connectivity index (χ0) is 22.2. The minimum atomic E-state index is -2.62. The summed E-state index contributed by atoms with van der Waals surface area (Å²) in [5.41, 5.74) is 1.80. The molecule has 28 heavy (non-hydrogen) atoms. The third kappa shape index (κ3) is 13.4. The highest BCUT2D eigenvalue weighted by atomic mass is 31.2. The van der Waals surface area contributed by atoms with Crippen molar-refractivity contribution in [3.63, 3.8) is 0 Å². The molecule has 2 heterocycles. The monoisotopic (exact) mass is 418 g/mol. The van der Waals surface area contributed by atoms with Gasteiger partial charge in [-0.25, -0.2) is 0 Å². The lowest BCUT2D eigenvalue weighted by Gasteiger charge is -2.32. The van der Waals surface area contributed by atoms with Gasteiger partial charge in [-0.3, -0.25) is 4.79 Å². The highest BCUT2D eigenvalue weighted by Gasteiger charge is 2.26. The number of aryl methyl sites for hydroxylation is 1. The van der Waals surface area contributed by atoms with Gasteiger partial charge in [-0.1, -0.05) is 0 Å². The Morgan fingerprint density at radius 2 is 1.71 bits per heavy atom. The minimum absolute atomic E-state index is 0.0683. The Labute approximate surface area is 167 Å². The first kappa shape index (κ1) is 28.4. The third-order valence-electron chi connectivity index (χ3n) is 3.48. The second-order valence-electron chi connectivity index (χ2n) is 6.02. The molecule has 160 valence electrons. The summed E-state index contributed by atoms with van der Waals surface area (Å²) in [6, 6.07) is 7.77. The fraction of sp³-hybridized carbons (Fsp3) is 0.556. The lowest BCUT2D eigenvalue weighted by molar-refractivity contribution is -0.119. The zero-order valence-electron chi connectivity index (χ0n) is 16.7. The fourth-order valence-electron chi connectivity index (χ4n) is 2.29. The van der Waals surface area contributed by atoms with Crippen molar-refractivity contribution in [2.45, 2.75) is 45.1 Å². The van der Waals surface area contributed by atoms with Gasteiger partial charge in [0.2, 0.25) is 5.91 Å². The number of carbonyl (C=O) groups is 1. The molecule has 0 aliphatic carbocycles. The molecular formula is C18H31N2O7P. The molecule has 9 nitrogen and oxygen atoms in total. The van der Waals surface area contributed by atoms with E-state index >= 15 is 0 Å². The maximum Gasteiger partial charge on any atom is 0.324 e. The molecule has 0 saturated carbocycles. The summed E-state index contributed by atoms with van der Waals surface area (Å²) in [5, 5.41) is 25.4. The number of hydrogen-bond acceptors (Lipinski definition) is 8. The first-order chi connectivity index (χ1) is 13.2. The average molecular weight is 418 g/mol. The number of amides is 1. The average Bonchev–Trinajstić information content (AvgIpc) is 3.15. The normalized spacial score (nSPS) is 15.1. The lowest BCUT2D eigenvalue weighted by atomic mass is 9.93. The van der Waals surface area contributed by atoms with Crippen molar-refractivity contribution in [2.75, 3.05) is 20.8 Å². The van der Waals surface area contributed by atoms with Crippen LogP contribution in [0.2, 0.25) is 0 Å². The number of fused-ring (bicyclic) bond motifs is 1. The van der Waals surface area contributed by atoms with Crippen LogP contribution in [0.15, 0.2) is 18.2 Å². The van der Waals surface area contributed by atoms with Gasteiger partial charge < -0.3 is 34.9 Å². The van der Waals surface area contributed by atoms with Crippen LogP contribution in [0.1, 0.15) is 44.2 Å². The fourth-order valence-corrected chi connectivity index (χ4v) is 2.29. The molecule has 3 rings (SSSR count). The maximum absolute atomic E-state index is 10.1. The van der Waals surface area contributed by atoms with Crippen LogP contribution in [0.5, 0.6) is 5.75 Å². The number of nitrogens with one attached hydrogen (secondary N) is 1. The Kier molecular flexibility index (Phi) is 16.4. The van der Waals surface area contributed by atoms with E-state index in [1.165, 1.54) is 0 Å². The van der Waals surface area contributed by atoms with Gasteiger partial charge in [0.1, 0.15) is 11.4 Å². The van der Waals surface area contributed by atoms with Gasteiger partial charge in [0.05, 0.1) is 11.6 Å². The van der Waals surface area contributed by atoms with E-state index in [0.29, 0.717) is 5.56 Å². The predicted octanol–water partition coefficient (Wildman–Crippen LogP) is 0.965. The zero-order valence-corrected chi connectivity index (χ0v) is 17.6. The molecule has 1 fully saturated rings. The molecule has 0 bridgehead atoms. The minimum Gasteiger partial charge on any atom is -0.488 e. The van der Waals surface area contributed by atoms with Crippen molar-refractivity contribution >= 4 is 14.5 Å². The van der Waals surface area contributed by atoms with Crippen molar-refractivity contribution < 1.29 is 34.4 Å². The van der Waals surface area contributed by atoms with Crippen molar-refractivity contribution in [2.24, 2.45) is 0 Å². The molecule has 0 spiro atoms. The SMILES string of the molecule is CC1(C)CCc2cc(C#N)ccc2O1.CO.CO.O=C1CCCN1.OP(O)O. The molecule has 1 amide bonds. The van der Waals surface area contributed by atoms with E-state index in [1.807, 2.05) is 12.1 Å². The summed E-state index contributed by atoms with van der Waals surface area (Å²) < 4.78 is 5.81. The molecule has 1 saturated heterocycles. The van der Waals surface area contributed by atoms with Crippen LogP contribution in [0.4, 0.5) is 0 Å². The van der Waals surface area contributed by atoms with E-state index in [-0.39, 0.29) is 11.5 Å². The third-order valence-corrected chi connectivity index (χ3v) is 3.48. The number of aliphatic hydroxyl groups excluding tert-OH is 2. The predicted molar refractivity (Wildman–Crippen MR) is 106 cm³/mol. The Morgan fingerprint density at radius 3 is 2.11 bits per heavy atom. The topological polar surface area (TPSA) is 163 Å². The number of aliphatic hydroxyl groups is 2. The lowest BCUT2D eigenvalue weighted by Crippen LogP contribution is -2.32. The molecule has 0 radical (unpaired) electrons. The Bertz CT molecular complexity index is 593. The van der Waals surface area contributed by atoms with Crippen molar-refractivity contribution in [3.05, 3.63) is 29.3 Å². The molecule has 6 N–H and O–H groups in total. The molecule has 2 aliphatic heterocycles. The quantitative estimate of drug-likeness (QED) is 0.339. The van der Waals surface area contributed by atoms with Crippen molar-refractivity contribution in [3.8, 4) is 11.8 Å². The maximum atomic E-state index is 10.1. The molecule has 0 atom stereocenters. The molecule has 10 heteroatoms. The van der Waals surface area contributed by atoms with Crippen LogP contribution in [0, 0.1) is 11.3 Å². The number of hydrogen-bond donors (Lipinski definition) is 6. The first-order valence-corrected chi connectivity index (χ1v) is 9.68. The smallest absolute Gasteiger partial charge is 0.324 e. The Balaban J connectivity index is 0. The summed E-state index contributed by atoms with van der Waals surface area (Å²) in [4.78, 5) is 31.8. The highest BCUT2D eigenvalue weighted by Crippen LogP contribution is 2.33. The van der Waals surface area contributed by atoms with Crippen molar-refractivity contribution in [1.29, 1.82) is 5.26 Å². The van der Waals surface area contributed by atoms with E-state index in [2.05, 4.69) is 25.2 Å². The van der Waals surface area contributed by atoms with Gasteiger partial charge in [0.25, 0.3) is 0 Å². The van der Waals surface area contributed by atoms with Gasteiger partial charge >= 0.3 is 8.60 Å². The van der Waals surface area contributed by atoms with Gasteiger partial charge in [-0.05, 0) is 56.9 Å². The molecule has 2 aliphatic rings. The van der Waals surface area contributed by atoms with Crippen LogP contribution in [-0.2, 0) is 11.2 Å². The largest absolute Gasteiger partial charge is 0.488 e. The number of carbonyl (C=O) groups excluding carboxylic acids is 1. The number of rotatable bonds is 0. The molecule has 1 aromatic carbocycles. The molecule has 1 aromatic rings. The molecular weight excluding hydrogens is 387 g/mol. The Hall–Kier alpha value is -1.79. The Morgan fingerprint density at radius 1 is 1.14 bits per heavy atom. The molecule has 0 aromatic heterocycles.